The number of anilines is 1. The highest BCUT2D eigenvalue weighted by Gasteiger charge is 2.23. The topological polar surface area (TPSA) is 75.3 Å². The minimum atomic E-state index is -3.34. The lowest BCUT2D eigenvalue weighted by Crippen LogP contribution is -2.43. The lowest BCUT2D eigenvalue weighted by atomic mass is 10.0. The minimum Gasteiger partial charge on any atom is -0.324 e. The average molecular weight is 296 g/mol. The number of hydrogen-bond acceptors (Lipinski definition) is 4. The van der Waals surface area contributed by atoms with Crippen LogP contribution in [0.1, 0.15) is 26.2 Å². The maximum atomic E-state index is 12.2. The molecule has 1 aromatic rings. The van der Waals surface area contributed by atoms with Gasteiger partial charge in [0, 0.05) is 0 Å². The molecule has 0 spiro atoms. The van der Waals surface area contributed by atoms with Gasteiger partial charge >= 0.3 is 0 Å². The number of nitrogens with one attached hydrogen (secondary N) is 2. The van der Waals surface area contributed by atoms with E-state index in [9.17, 15) is 13.2 Å². The van der Waals surface area contributed by atoms with Gasteiger partial charge in [0.2, 0.25) is 5.91 Å². The molecule has 5 nitrogen and oxygen atoms in total. The fourth-order valence-electron chi connectivity index (χ4n) is 2.29. The number of hydrogen-bond donors (Lipinski definition) is 2. The first kappa shape index (κ1) is 15.0. The second kappa shape index (κ2) is 6.37. The van der Waals surface area contributed by atoms with Crippen LogP contribution in [-0.2, 0) is 14.6 Å². The second-order valence-electron chi connectivity index (χ2n) is 4.89. The number of para-hydroxylation sites is 1. The van der Waals surface area contributed by atoms with E-state index in [0.717, 1.165) is 25.8 Å². The Kier molecular flexibility index (Phi) is 4.77. The van der Waals surface area contributed by atoms with Gasteiger partial charge in [-0.3, -0.25) is 4.79 Å². The summed E-state index contributed by atoms with van der Waals surface area (Å²) in [6.45, 7) is 2.42. The summed E-state index contributed by atoms with van der Waals surface area (Å²) in [5, 5.41) is 5.89. The number of sulfone groups is 1. The molecule has 0 radical (unpaired) electrons. The molecule has 1 unspecified atom stereocenters. The summed E-state index contributed by atoms with van der Waals surface area (Å²) in [6, 6.07) is 6.31. The van der Waals surface area contributed by atoms with Gasteiger partial charge in [0.15, 0.2) is 9.84 Å². The van der Waals surface area contributed by atoms with Crippen molar-refractivity contribution < 1.29 is 13.2 Å². The first-order chi connectivity index (χ1) is 9.54. The summed E-state index contributed by atoms with van der Waals surface area (Å²) in [7, 11) is -3.34. The third kappa shape index (κ3) is 3.37. The minimum absolute atomic E-state index is 0.0154. The molecule has 20 heavy (non-hydrogen) atoms. The molecule has 6 heteroatoms. The average Bonchev–Trinajstić information content (AvgIpc) is 2.48. The van der Waals surface area contributed by atoms with E-state index in [2.05, 4.69) is 10.6 Å². The van der Waals surface area contributed by atoms with Gasteiger partial charge < -0.3 is 10.6 Å². The Labute approximate surface area is 119 Å². The molecule has 1 aliphatic heterocycles. The van der Waals surface area contributed by atoms with Crippen LogP contribution in [0.2, 0.25) is 0 Å². The Balaban J connectivity index is 2.19. The molecule has 0 bridgehead atoms. The van der Waals surface area contributed by atoms with Crippen LogP contribution in [0, 0.1) is 0 Å². The van der Waals surface area contributed by atoms with E-state index in [0.29, 0.717) is 5.69 Å². The van der Waals surface area contributed by atoms with Crippen LogP contribution in [0.4, 0.5) is 5.69 Å². The zero-order valence-electron chi connectivity index (χ0n) is 11.6. The fourth-order valence-corrected chi connectivity index (χ4v) is 3.34. The zero-order chi connectivity index (χ0) is 14.6. The highest BCUT2D eigenvalue weighted by atomic mass is 32.2. The number of carbonyl (C=O) groups is 1. The van der Waals surface area contributed by atoms with Crippen LogP contribution in [-0.4, -0.2) is 32.7 Å². The fraction of sp³-hybridized carbons (Fsp3) is 0.500. The van der Waals surface area contributed by atoms with Crippen molar-refractivity contribution in [2.24, 2.45) is 0 Å². The third-order valence-corrected chi connectivity index (χ3v) is 5.27. The van der Waals surface area contributed by atoms with E-state index in [-0.39, 0.29) is 22.6 Å². The smallest absolute Gasteiger partial charge is 0.241 e. The van der Waals surface area contributed by atoms with Crippen molar-refractivity contribution in [1.82, 2.24) is 5.32 Å². The summed E-state index contributed by atoms with van der Waals surface area (Å²) in [5.41, 5.74) is 0.367. The van der Waals surface area contributed by atoms with Crippen LogP contribution in [0.5, 0.6) is 0 Å². The van der Waals surface area contributed by atoms with Gasteiger partial charge in [-0.05, 0) is 31.5 Å². The number of amides is 1. The van der Waals surface area contributed by atoms with E-state index in [1.165, 1.54) is 6.07 Å². The number of carbonyl (C=O) groups excluding carboxylic acids is 1. The lowest BCUT2D eigenvalue weighted by Gasteiger charge is -2.23. The molecule has 0 aliphatic carbocycles. The molecule has 1 aliphatic rings. The van der Waals surface area contributed by atoms with Crippen molar-refractivity contribution in [1.29, 1.82) is 0 Å². The number of rotatable bonds is 4. The summed E-state index contributed by atoms with van der Waals surface area (Å²) >= 11 is 0. The first-order valence-electron chi connectivity index (χ1n) is 6.90. The van der Waals surface area contributed by atoms with Crippen molar-refractivity contribution in [2.75, 3.05) is 17.6 Å². The Hall–Kier alpha value is -1.40. The number of piperidine rings is 1. The maximum Gasteiger partial charge on any atom is 0.241 e. The lowest BCUT2D eigenvalue weighted by molar-refractivity contribution is -0.118. The van der Waals surface area contributed by atoms with E-state index < -0.39 is 9.84 Å². The molecule has 2 N–H and O–H groups in total. The van der Waals surface area contributed by atoms with Crippen LogP contribution in [0.25, 0.3) is 0 Å². The Bertz CT molecular complexity index is 578. The summed E-state index contributed by atoms with van der Waals surface area (Å²) in [5.74, 6) is -0.148. The molecular formula is C14H20N2O3S. The zero-order valence-corrected chi connectivity index (χ0v) is 12.4. The molecule has 1 amide bonds. The molecule has 1 fully saturated rings. The van der Waals surface area contributed by atoms with Crippen molar-refractivity contribution in [3.8, 4) is 0 Å². The molecule has 0 aromatic heterocycles. The van der Waals surface area contributed by atoms with Crippen molar-refractivity contribution in [3.05, 3.63) is 24.3 Å². The second-order valence-corrected chi connectivity index (χ2v) is 7.14. The van der Waals surface area contributed by atoms with Gasteiger partial charge in [-0.2, -0.15) is 0 Å². The quantitative estimate of drug-likeness (QED) is 0.884. The molecule has 2 rings (SSSR count). The molecule has 1 heterocycles. The Morgan fingerprint density at radius 1 is 1.35 bits per heavy atom. The molecule has 1 saturated heterocycles. The Morgan fingerprint density at radius 3 is 2.75 bits per heavy atom. The largest absolute Gasteiger partial charge is 0.324 e. The standard InChI is InChI=1S/C14H20N2O3S/c1-2-20(18,19)13-9-4-3-7-11(13)16-14(17)12-8-5-6-10-15-12/h3-4,7,9,12,15H,2,5-6,8,10H2,1H3,(H,16,17). The first-order valence-corrected chi connectivity index (χ1v) is 8.56. The van der Waals surface area contributed by atoms with Gasteiger partial charge in [0.1, 0.15) is 0 Å². The van der Waals surface area contributed by atoms with Gasteiger partial charge in [0.25, 0.3) is 0 Å². The predicted molar refractivity (Wildman–Crippen MR) is 78.4 cm³/mol. The van der Waals surface area contributed by atoms with Gasteiger partial charge in [0.05, 0.1) is 22.4 Å². The molecule has 1 aromatic carbocycles. The highest BCUT2D eigenvalue weighted by molar-refractivity contribution is 7.91. The number of benzene rings is 1. The third-order valence-electron chi connectivity index (χ3n) is 3.49. The van der Waals surface area contributed by atoms with E-state index >= 15 is 0 Å². The van der Waals surface area contributed by atoms with E-state index in [1.54, 1.807) is 25.1 Å². The van der Waals surface area contributed by atoms with Gasteiger partial charge in [-0.1, -0.05) is 25.5 Å². The Morgan fingerprint density at radius 2 is 2.10 bits per heavy atom. The summed E-state index contributed by atoms with van der Waals surface area (Å²) < 4.78 is 24.0. The molecule has 0 saturated carbocycles. The van der Waals surface area contributed by atoms with E-state index in [1.807, 2.05) is 0 Å². The summed E-state index contributed by atoms with van der Waals surface area (Å²) in [6.07, 6.45) is 2.87. The van der Waals surface area contributed by atoms with Gasteiger partial charge in [-0.15, -0.1) is 0 Å². The normalized spacial score (nSPS) is 19.6. The van der Waals surface area contributed by atoms with Gasteiger partial charge in [-0.25, -0.2) is 8.42 Å². The monoisotopic (exact) mass is 296 g/mol. The molecular weight excluding hydrogens is 276 g/mol. The maximum absolute atomic E-state index is 12.2. The SMILES string of the molecule is CCS(=O)(=O)c1ccccc1NC(=O)C1CCCCN1. The van der Waals surface area contributed by atoms with Crippen LogP contribution >= 0.6 is 0 Å². The summed E-state index contributed by atoms with van der Waals surface area (Å²) in [4.78, 5) is 12.4. The van der Waals surface area contributed by atoms with Crippen LogP contribution in [0.15, 0.2) is 29.2 Å². The highest BCUT2D eigenvalue weighted by Crippen LogP contribution is 2.22. The molecule has 1 atom stereocenters. The van der Waals surface area contributed by atoms with E-state index in [4.69, 9.17) is 0 Å². The van der Waals surface area contributed by atoms with Crippen LogP contribution in [0.3, 0.4) is 0 Å². The molecule has 110 valence electrons. The van der Waals surface area contributed by atoms with Crippen LogP contribution < -0.4 is 10.6 Å². The van der Waals surface area contributed by atoms with Crippen molar-refractivity contribution in [3.63, 3.8) is 0 Å². The van der Waals surface area contributed by atoms with Crippen molar-refractivity contribution in [2.45, 2.75) is 37.1 Å². The van der Waals surface area contributed by atoms with Crippen molar-refractivity contribution >= 4 is 21.4 Å². The predicted octanol–water partition coefficient (Wildman–Crippen LogP) is 1.56.